The summed E-state index contributed by atoms with van der Waals surface area (Å²) in [5, 5.41) is 10.1. The third-order valence-corrected chi connectivity index (χ3v) is 4.35. The van der Waals surface area contributed by atoms with E-state index in [4.69, 9.17) is 9.52 Å². The molecular formula is C15H16BrNO3. The van der Waals surface area contributed by atoms with Crippen molar-refractivity contribution in [2.45, 2.75) is 12.8 Å². The SMILES string of the molecule is O=C(c1cc2ccc(Br)cc2o1)N1CCC(CO)CC1. The van der Waals surface area contributed by atoms with Gasteiger partial charge in [0.1, 0.15) is 5.58 Å². The van der Waals surface area contributed by atoms with Crippen LogP contribution in [0.3, 0.4) is 0 Å². The number of carbonyl (C=O) groups excluding carboxylic acids is 1. The van der Waals surface area contributed by atoms with Gasteiger partial charge < -0.3 is 14.4 Å². The second-order valence-electron chi connectivity index (χ2n) is 5.21. The Morgan fingerprint density at radius 1 is 1.35 bits per heavy atom. The van der Waals surface area contributed by atoms with Gasteiger partial charge in [-0.15, -0.1) is 0 Å². The van der Waals surface area contributed by atoms with E-state index in [9.17, 15) is 4.79 Å². The molecule has 106 valence electrons. The van der Waals surface area contributed by atoms with Gasteiger partial charge in [-0.1, -0.05) is 15.9 Å². The second-order valence-corrected chi connectivity index (χ2v) is 6.13. The fraction of sp³-hybridized carbons (Fsp3) is 0.400. The van der Waals surface area contributed by atoms with Crippen LogP contribution in [0.5, 0.6) is 0 Å². The Morgan fingerprint density at radius 3 is 2.80 bits per heavy atom. The van der Waals surface area contributed by atoms with Gasteiger partial charge in [0.15, 0.2) is 5.76 Å². The molecule has 0 bridgehead atoms. The Balaban J connectivity index is 1.79. The molecule has 2 heterocycles. The summed E-state index contributed by atoms with van der Waals surface area (Å²) in [6.07, 6.45) is 1.71. The number of nitrogens with zero attached hydrogens (tertiary/aromatic N) is 1. The smallest absolute Gasteiger partial charge is 0.289 e. The van der Waals surface area contributed by atoms with Gasteiger partial charge in [-0.3, -0.25) is 4.79 Å². The van der Waals surface area contributed by atoms with Crippen LogP contribution in [0, 0.1) is 5.92 Å². The minimum atomic E-state index is -0.0614. The number of hydrogen-bond donors (Lipinski definition) is 1. The largest absolute Gasteiger partial charge is 0.451 e. The summed E-state index contributed by atoms with van der Waals surface area (Å²) in [6, 6.07) is 7.52. The zero-order valence-corrected chi connectivity index (χ0v) is 12.6. The molecule has 0 radical (unpaired) electrons. The van der Waals surface area contributed by atoms with Crippen LogP contribution in [-0.4, -0.2) is 35.6 Å². The second kappa shape index (κ2) is 5.58. The van der Waals surface area contributed by atoms with Crippen molar-refractivity contribution in [3.8, 4) is 0 Å². The third kappa shape index (κ3) is 2.60. The zero-order chi connectivity index (χ0) is 14.1. The molecule has 1 N–H and O–H groups in total. The van der Waals surface area contributed by atoms with E-state index in [1.807, 2.05) is 18.2 Å². The molecule has 5 heteroatoms. The highest BCUT2D eigenvalue weighted by Crippen LogP contribution is 2.25. The standard InChI is InChI=1S/C15H16BrNO3/c16-12-2-1-11-7-14(20-13(11)8-12)15(19)17-5-3-10(9-18)4-6-17/h1-2,7-8,10,18H,3-6,9H2. The summed E-state index contributed by atoms with van der Waals surface area (Å²) in [5.74, 6) is 0.653. The summed E-state index contributed by atoms with van der Waals surface area (Å²) in [7, 11) is 0. The van der Waals surface area contributed by atoms with Crippen LogP contribution in [-0.2, 0) is 0 Å². The van der Waals surface area contributed by atoms with Crippen LogP contribution >= 0.6 is 15.9 Å². The molecule has 4 nitrogen and oxygen atoms in total. The molecule has 1 aliphatic heterocycles. The van der Waals surface area contributed by atoms with Crippen LogP contribution < -0.4 is 0 Å². The van der Waals surface area contributed by atoms with Crippen LogP contribution in [0.1, 0.15) is 23.4 Å². The van der Waals surface area contributed by atoms with Gasteiger partial charge in [-0.2, -0.15) is 0 Å². The van der Waals surface area contributed by atoms with Gasteiger partial charge >= 0.3 is 0 Å². The highest BCUT2D eigenvalue weighted by atomic mass is 79.9. The first kappa shape index (κ1) is 13.6. The van der Waals surface area contributed by atoms with Gasteiger partial charge in [0.2, 0.25) is 0 Å². The lowest BCUT2D eigenvalue weighted by Crippen LogP contribution is -2.39. The lowest BCUT2D eigenvalue weighted by molar-refractivity contribution is 0.0622. The number of amides is 1. The molecule has 1 aromatic carbocycles. The van der Waals surface area contributed by atoms with Gasteiger partial charge in [0, 0.05) is 29.6 Å². The van der Waals surface area contributed by atoms with E-state index in [0.717, 1.165) is 22.7 Å². The third-order valence-electron chi connectivity index (χ3n) is 3.85. The van der Waals surface area contributed by atoms with Crippen LogP contribution in [0.4, 0.5) is 0 Å². The van der Waals surface area contributed by atoms with Crippen molar-refractivity contribution in [1.29, 1.82) is 0 Å². The topological polar surface area (TPSA) is 53.7 Å². The first-order valence-electron chi connectivity index (χ1n) is 6.76. The summed E-state index contributed by atoms with van der Waals surface area (Å²) < 4.78 is 6.58. The predicted octanol–water partition coefficient (Wildman–Crippen LogP) is 3.04. The number of rotatable bonds is 2. The zero-order valence-electron chi connectivity index (χ0n) is 11.0. The summed E-state index contributed by atoms with van der Waals surface area (Å²) in [5.41, 5.74) is 0.716. The first-order valence-corrected chi connectivity index (χ1v) is 7.56. The minimum Gasteiger partial charge on any atom is -0.451 e. The normalized spacial score (nSPS) is 16.8. The first-order chi connectivity index (χ1) is 9.67. The van der Waals surface area contributed by atoms with E-state index in [2.05, 4.69) is 15.9 Å². The van der Waals surface area contributed by atoms with Crippen LogP contribution in [0.2, 0.25) is 0 Å². The Labute approximate surface area is 125 Å². The molecule has 20 heavy (non-hydrogen) atoms. The van der Waals surface area contributed by atoms with Crippen molar-refractivity contribution in [3.63, 3.8) is 0 Å². The molecule has 0 unspecified atom stereocenters. The number of likely N-dealkylation sites (tertiary alicyclic amines) is 1. The van der Waals surface area contributed by atoms with Gasteiger partial charge in [0.25, 0.3) is 5.91 Å². The van der Waals surface area contributed by atoms with Crippen molar-refractivity contribution in [2.75, 3.05) is 19.7 Å². The molecule has 2 aromatic rings. The average Bonchev–Trinajstić information content (AvgIpc) is 2.89. The van der Waals surface area contributed by atoms with Crippen LogP contribution in [0.25, 0.3) is 11.0 Å². The molecule has 1 aromatic heterocycles. The summed E-state index contributed by atoms with van der Waals surface area (Å²) >= 11 is 3.39. The predicted molar refractivity (Wildman–Crippen MR) is 79.6 cm³/mol. The highest BCUT2D eigenvalue weighted by molar-refractivity contribution is 9.10. The average molecular weight is 338 g/mol. The highest BCUT2D eigenvalue weighted by Gasteiger charge is 2.25. The molecule has 0 aliphatic carbocycles. The van der Waals surface area contributed by atoms with E-state index in [1.54, 1.807) is 11.0 Å². The lowest BCUT2D eigenvalue weighted by atomic mass is 9.98. The van der Waals surface area contributed by atoms with E-state index in [1.165, 1.54) is 0 Å². The molecule has 0 spiro atoms. The molecule has 1 amide bonds. The molecular weight excluding hydrogens is 322 g/mol. The number of aliphatic hydroxyl groups is 1. The lowest BCUT2D eigenvalue weighted by Gasteiger charge is -2.30. The number of piperidine rings is 1. The van der Waals surface area contributed by atoms with E-state index in [-0.39, 0.29) is 12.5 Å². The van der Waals surface area contributed by atoms with Gasteiger partial charge in [0.05, 0.1) is 0 Å². The van der Waals surface area contributed by atoms with Gasteiger partial charge in [-0.05, 0) is 43.0 Å². The van der Waals surface area contributed by atoms with Crippen molar-refractivity contribution < 1.29 is 14.3 Å². The van der Waals surface area contributed by atoms with Crippen LogP contribution in [0.15, 0.2) is 33.2 Å². The molecule has 1 fully saturated rings. The monoisotopic (exact) mass is 337 g/mol. The Bertz CT molecular complexity index is 629. The fourth-order valence-electron chi connectivity index (χ4n) is 2.58. The van der Waals surface area contributed by atoms with Crippen molar-refractivity contribution >= 4 is 32.8 Å². The maximum atomic E-state index is 12.4. The molecule has 3 rings (SSSR count). The van der Waals surface area contributed by atoms with E-state index < -0.39 is 0 Å². The fourth-order valence-corrected chi connectivity index (χ4v) is 2.92. The maximum absolute atomic E-state index is 12.4. The Kier molecular flexibility index (Phi) is 3.81. The van der Waals surface area contributed by atoms with Crippen molar-refractivity contribution in [2.24, 2.45) is 5.92 Å². The number of fused-ring (bicyclic) bond motifs is 1. The Hall–Kier alpha value is -1.33. The number of aliphatic hydroxyl groups excluding tert-OH is 1. The molecule has 0 saturated carbocycles. The Morgan fingerprint density at radius 2 is 2.10 bits per heavy atom. The van der Waals surface area contributed by atoms with Crippen molar-refractivity contribution in [3.05, 3.63) is 34.5 Å². The maximum Gasteiger partial charge on any atom is 0.289 e. The number of hydrogen-bond acceptors (Lipinski definition) is 3. The molecule has 1 saturated heterocycles. The summed E-state index contributed by atoms with van der Waals surface area (Å²) in [4.78, 5) is 14.2. The quantitative estimate of drug-likeness (QED) is 0.916. The van der Waals surface area contributed by atoms with Gasteiger partial charge in [-0.25, -0.2) is 0 Å². The van der Waals surface area contributed by atoms with E-state index >= 15 is 0 Å². The molecule has 1 aliphatic rings. The van der Waals surface area contributed by atoms with E-state index in [0.29, 0.717) is 30.4 Å². The number of benzene rings is 1. The minimum absolute atomic E-state index is 0.0614. The summed E-state index contributed by atoms with van der Waals surface area (Å²) in [6.45, 7) is 1.58. The number of carbonyl (C=O) groups is 1. The van der Waals surface area contributed by atoms with Crippen molar-refractivity contribution in [1.82, 2.24) is 4.90 Å². The molecule has 0 atom stereocenters. The number of furan rings is 1. The number of halogens is 1.